The van der Waals surface area contributed by atoms with Gasteiger partial charge in [-0.05, 0) is 55.7 Å². The minimum absolute atomic E-state index is 0.0299. The Hall–Kier alpha value is -3.75. The quantitative estimate of drug-likeness (QED) is 0.530. The molecule has 1 aromatic heterocycles. The summed E-state index contributed by atoms with van der Waals surface area (Å²) < 4.78 is 15.7. The van der Waals surface area contributed by atoms with Crippen LogP contribution in [0.4, 0.5) is 16.0 Å². The lowest BCUT2D eigenvalue weighted by molar-refractivity contribution is -0.123. The van der Waals surface area contributed by atoms with E-state index in [2.05, 4.69) is 10.3 Å². The summed E-state index contributed by atoms with van der Waals surface area (Å²) in [6.07, 6.45) is 5.18. The smallest absolute Gasteiger partial charge is 0.258 e. The van der Waals surface area contributed by atoms with Crippen molar-refractivity contribution in [1.82, 2.24) is 9.55 Å². The van der Waals surface area contributed by atoms with Gasteiger partial charge in [0.05, 0.1) is 11.0 Å². The first-order chi connectivity index (χ1) is 16.7. The van der Waals surface area contributed by atoms with Crippen molar-refractivity contribution in [2.75, 3.05) is 17.3 Å². The van der Waals surface area contributed by atoms with Crippen LogP contribution in [0.1, 0.15) is 54.4 Å². The molecule has 3 amide bonds. The van der Waals surface area contributed by atoms with Crippen molar-refractivity contribution in [2.45, 2.75) is 52.0 Å². The van der Waals surface area contributed by atoms with Crippen molar-refractivity contribution >= 4 is 40.4 Å². The van der Waals surface area contributed by atoms with E-state index in [1.807, 2.05) is 12.1 Å². The standard InChI is InChI=1S/C26H30FN5O3/c1-16-8-9-18(14-20(16)27)24(34)30-26-29-21-15-19(10-11-22(21)32(26)13-12-23(28)33)31(2)25(35)17-6-4-3-5-7-17/h8-11,14-15,17H,3-7,12-13H2,1-2H3,(H2,28,33)(H,29,30,34). The first-order valence-corrected chi connectivity index (χ1v) is 11.9. The van der Waals surface area contributed by atoms with Crippen molar-refractivity contribution in [3.8, 4) is 0 Å². The Kier molecular flexibility index (Phi) is 7.14. The molecule has 4 rings (SSSR count). The van der Waals surface area contributed by atoms with E-state index in [1.54, 1.807) is 29.5 Å². The number of nitrogens with zero attached hydrogens (tertiary/aromatic N) is 3. The largest absolute Gasteiger partial charge is 0.370 e. The van der Waals surface area contributed by atoms with Crippen molar-refractivity contribution in [3.63, 3.8) is 0 Å². The number of hydrogen-bond donors (Lipinski definition) is 2. The minimum Gasteiger partial charge on any atom is -0.370 e. The molecule has 35 heavy (non-hydrogen) atoms. The zero-order valence-corrected chi connectivity index (χ0v) is 20.0. The highest BCUT2D eigenvalue weighted by Gasteiger charge is 2.25. The van der Waals surface area contributed by atoms with Gasteiger partial charge in [0.25, 0.3) is 5.91 Å². The number of halogens is 1. The normalized spacial score (nSPS) is 14.1. The van der Waals surface area contributed by atoms with E-state index in [1.165, 1.54) is 24.6 Å². The van der Waals surface area contributed by atoms with E-state index in [-0.39, 0.29) is 36.3 Å². The predicted octanol–water partition coefficient (Wildman–Crippen LogP) is 4.15. The van der Waals surface area contributed by atoms with Gasteiger partial charge >= 0.3 is 0 Å². The van der Waals surface area contributed by atoms with Gasteiger partial charge in [-0.3, -0.25) is 19.7 Å². The maximum atomic E-state index is 14.0. The number of anilines is 2. The summed E-state index contributed by atoms with van der Waals surface area (Å²) in [6, 6.07) is 9.67. The van der Waals surface area contributed by atoms with Crippen LogP contribution in [0.2, 0.25) is 0 Å². The molecule has 3 N–H and O–H groups in total. The second-order valence-electron chi connectivity index (χ2n) is 9.13. The highest BCUT2D eigenvalue weighted by molar-refractivity contribution is 6.04. The third kappa shape index (κ3) is 5.34. The number of hydrogen-bond acceptors (Lipinski definition) is 4. The summed E-state index contributed by atoms with van der Waals surface area (Å²) in [4.78, 5) is 43.5. The van der Waals surface area contributed by atoms with E-state index in [0.717, 1.165) is 25.7 Å². The summed E-state index contributed by atoms with van der Waals surface area (Å²) in [5, 5.41) is 2.72. The molecular formula is C26H30FN5O3. The van der Waals surface area contributed by atoms with Crippen LogP contribution in [0.3, 0.4) is 0 Å². The minimum atomic E-state index is -0.524. The second-order valence-corrected chi connectivity index (χ2v) is 9.13. The molecule has 1 fully saturated rings. The van der Waals surface area contributed by atoms with Crippen LogP contribution in [-0.2, 0) is 16.1 Å². The molecule has 3 aromatic rings. The first kappa shape index (κ1) is 24.4. The number of aryl methyl sites for hydroxylation is 2. The molecule has 1 saturated carbocycles. The number of carbonyl (C=O) groups excluding carboxylic acids is 3. The van der Waals surface area contributed by atoms with Gasteiger partial charge in [-0.15, -0.1) is 0 Å². The van der Waals surface area contributed by atoms with Gasteiger partial charge in [-0.1, -0.05) is 25.3 Å². The number of aromatic nitrogens is 2. The van der Waals surface area contributed by atoms with Gasteiger partial charge in [-0.2, -0.15) is 0 Å². The summed E-state index contributed by atoms with van der Waals surface area (Å²) in [7, 11) is 1.76. The number of imidazole rings is 1. The Balaban J connectivity index is 1.64. The van der Waals surface area contributed by atoms with E-state index in [9.17, 15) is 18.8 Å². The first-order valence-electron chi connectivity index (χ1n) is 11.9. The average Bonchev–Trinajstić information content (AvgIpc) is 3.19. The van der Waals surface area contributed by atoms with Crippen LogP contribution in [0.25, 0.3) is 11.0 Å². The molecule has 2 aromatic carbocycles. The fourth-order valence-electron chi connectivity index (χ4n) is 4.53. The Labute approximate surface area is 203 Å². The predicted molar refractivity (Wildman–Crippen MR) is 133 cm³/mol. The molecule has 0 atom stereocenters. The van der Waals surface area contributed by atoms with E-state index in [4.69, 9.17) is 5.73 Å². The van der Waals surface area contributed by atoms with E-state index >= 15 is 0 Å². The molecule has 0 bridgehead atoms. The number of benzene rings is 2. The molecule has 0 saturated heterocycles. The van der Waals surface area contributed by atoms with E-state index < -0.39 is 17.6 Å². The molecule has 0 radical (unpaired) electrons. The maximum absolute atomic E-state index is 14.0. The molecule has 9 heteroatoms. The van der Waals surface area contributed by atoms with Gasteiger partial charge in [-0.25, -0.2) is 9.37 Å². The lowest BCUT2D eigenvalue weighted by Gasteiger charge is -2.26. The average molecular weight is 480 g/mol. The van der Waals surface area contributed by atoms with Gasteiger partial charge in [0.1, 0.15) is 5.82 Å². The molecule has 1 aliphatic carbocycles. The highest BCUT2D eigenvalue weighted by Crippen LogP contribution is 2.29. The number of nitrogens with one attached hydrogen (secondary N) is 1. The third-order valence-corrected chi connectivity index (χ3v) is 6.65. The number of fused-ring (bicyclic) bond motifs is 1. The zero-order chi connectivity index (χ0) is 25.1. The molecule has 0 spiro atoms. The van der Waals surface area contributed by atoms with Crippen molar-refractivity contribution in [2.24, 2.45) is 11.7 Å². The van der Waals surface area contributed by atoms with Crippen LogP contribution >= 0.6 is 0 Å². The summed E-state index contributed by atoms with van der Waals surface area (Å²) in [5.74, 6) is -1.15. The molecule has 184 valence electrons. The molecule has 8 nitrogen and oxygen atoms in total. The summed E-state index contributed by atoms with van der Waals surface area (Å²) in [6.45, 7) is 1.83. The number of nitrogens with two attached hydrogens (primary N) is 1. The third-order valence-electron chi connectivity index (χ3n) is 6.65. The summed E-state index contributed by atoms with van der Waals surface area (Å²) >= 11 is 0. The van der Waals surface area contributed by atoms with Crippen molar-refractivity contribution in [3.05, 3.63) is 53.3 Å². The van der Waals surface area contributed by atoms with Gasteiger partial charge < -0.3 is 15.2 Å². The Morgan fingerprint density at radius 3 is 2.57 bits per heavy atom. The topological polar surface area (TPSA) is 110 Å². The van der Waals surface area contributed by atoms with Gasteiger partial charge in [0.2, 0.25) is 17.8 Å². The Bertz CT molecular complexity index is 1280. The van der Waals surface area contributed by atoms with Crippen LogP contribution in [-0.4, -0.2) is 34.3 Å². The number of primary amides is 1. The second kappa shape index (κ2) is 10.2. The number of amides is 3. The van der Waals surface area contributed by atoms with Crippen LogP contribution in [0, 0.1) is 18.7 Å². The number of rotatable bonds is 7. The molecule has 0 unspecified atom stereocenters. The van der Waals surface area contributed by atoms with Crippen LogP contribution < -0.4 is 16.0 Å². The molecular weight excluding hydrogens is 449 g/mol. The van der Waals surface area contributed by atoms with E-state index in [0.29, 0.717) is 22.3 Å². The fourth-order valence-corrected chi connectivity index (χ4v) is 4.53. The lowest BCUT2D eigenvalue weighted by atomic mass is 9.88. The number of carbonyl (C=O) groups is 3. The zero-order valence-electron chi connectivity index (χ0n) is 20.0. The summed E-state index contributed by atoms with van der Waals surface area (Å²) in [5.41, 5.74) is 7.88. The Morgan fingerprint density at radius 1 is 1.14 bits per heavy atom. The molecule has 0 aliphatic heterocycles. The highest BCUT2D eigenvalue weighted by atomic mass is 19.1. The molecule has 1 aliphatic rings. The maximum Gasteiger partial charge on any atom is 0.258 e. The van der Waals surface area contributed by atoms with Crippen molar-refractivity contribution < 1.29 is 18.8 Å². The van der Waals surface area contributed by atoms with Crippen LogP contribution in [0.5, 0.6) is 0 Å². The molecule has 1 heterocycles. The van der Waals surface area contributed by atoms with Crippen LogP contribution in [0.15, 0.2) is 36.4 Å². The van der Waals surface area contributed by atoms with Gasteiger partial charge in [0, 0.05) is 37.2 Å². The van der Waals surface area contributed by atoms with Gasteiger partial charge in [0.15, 0.2) is 0 Å². The van der Waals surface area contributed by atoms with Crippen molar-refractivity contribution in [1.29, 1.82) is 0 Å². The lowest BCUT2D eigenvalue weighted by Crippen LogP contribution is -2.33. The Morgan fingerprint density at radius 2 is 1.89 bits per heavy atom. The fraction of sp³-hybridized carbons (Fsp3) is 0.385. The monoisotopic (exact) mass is 479 g/mol. The SMILES string of the molecule is Cc1ccc(C(=O)Nc2nc3cc(N(C)C(=O)C4CCCCC4)ccc3n2CCC(N)=O)cc1F.